The molecule has 10 nitrogen and oxygen atoms in total. The van der Waals surface area contributed by atoms with E-state index in [2.05, 4.69) is 20.9 Å². The minimum Gasteiger partial charge on any atom is -0.461 e. The third-order valence-corrected chi connectivity index (χ3v) is 4.89. The third-order valence-electron chi connectivity index (χ3n) is 4.89. The molecule has 1 aliphatic rings. The van der Waals surface area contributed by atoms with Gasteiger partial charge >= 0.3 is 18.0 Å². The van der Waals surface area contributed by atoms with Gasteiger partial charge in [0.25, 0.3) is 0 Å². The molecule has 2 aromatic rings. The molecular formula is C20H24FN5O5. The molecule has 0 radical (unpaired) electrons. The first-order valence-corrected chi connectivity index (χ1v) is 9.76. The zero-order valence-electron chi connectivity index (χ0n) is 17.7. The Morgan fingerprint density at radius 3 is 2.65 bits per heavy atom. The number of fused-ring (bicyclic) bond motifs is 1. The second-order valence-electron chi connectivity index (χ2n) is 7.89. The number of terminal acetylenes is 1. The molecule has 1 fully saturated rings. The van der Waals surface area contributed by atoms with Crippen LogP contribution in [0.1, 0.15) is 40.3 Å². The van der Waals surface area contributed by atoms with Gasteiger partial charge in [0.2, 0.25) is 5.60 Å². The summed E-state index contributed by atoms with van der Waals surface area (Å²) in [5.74, 6) is 0.591. The Kier molecular flexibility index (Phi) is 6.13. The maximum absolute atomic E-state index is 13.7. The highest BCUT2D eigenvalue weighted by Crippen LogP contribution is 2.40. The van der Waals surface area contributed by atoms with Gasteiger partial charge in [-0.2, -0.15) is 14.4 Å². The van der Waals surface area contributed by atoms with Crippen molar-refractivity contribution in [3.63, 3.8) is 0 Å². The molecule has 1 aliphatic heterocycles. The SMILES string of the molecule is C#C[C@]1(COC(=O)C(C)C)O[C@@H](n2cnc3c(N)nc(F)nc32)C[C@@H]1OC(=O)C(C)C. The van der Waals surface area contributed by atoms with E-state index in [1.54, 1.807) is 27.7 Å². The average Bonchev–Trinajstić information content (AvgIpc) is 3.28. The smallest absolute Gasteiger partial charge is 0.312 e. The highest BCUT2D eigenvalue weighted by molar-refractivity contribution is 5.81. The molecular weight excluding hydrogens is 409 g/mol. The summed E-state index contributed by atoms with van der Waals surface area (Å²) in [7, 11) is 0. The van der Waals surface area contributed by atoms with Gasteiger partial charge in [-0.15, -0.1) is 6.42 Å². The molecule has 1 saturated heterocycles. The van der Waals surface area contributed by atoms with Crippen LogP contribution in [0.2, 0.25) is 0 Å². The summed E-state index contributed by atoms with van der Waals surface area (Å²) in [4.78, 5) is 35.6. The van der Waals surface area contributed by atoms with Crippen molar-refractivity contribution in [2.45, 2.75) is 52.0 Å². The third kappa shape index (κ3) is 4.29. The number of nitrogen functional groups attached to an aromatic ring is 1. The number of carbonyl (C=O) groups excluding carboxylic acids is 2. The highest BCUT2D eigenvalue weighted by atomic mass is 19.1. The van der Waals surface area contributed by atoms with E-state index in [1.807, 2.05) is 0 Å². The Morgan fingerprint density at radius 1 is 1.35 bits per heavy atom. The molecule has 0 bridgehead atoms. The number of ether oxygens (including phenoxy) is 3. The summed E-state index contributed by atoms with van der Waals surface area (Å²) < 4.78 is 32.1. The largest absolute Gasteiger partial charge is 0.461 e. The highest BCUT2D eigenvalue weighted by Gasteiger charge is 2.52. The molecule has 0 amide bonds. The van der Waals surface area contributed by atoms with Crippen LogP contribution in [0.25, 0.3) is 11.2 Å². The van der Waals surface area contributed by atoms with Gasteiger partial charge in [-0.05, 0) is 0 Å². The maximum Gasteiger partial charge on any atom is 0.312 e. The molecule has 3 atom stereocenters. The zero-order valence-corrected chi connectivity index (χ0v) is 17.7. The molecule has 0 aliphatic carbocycles. The predicted molar refractivity (Wildman–Crippen MR) is 107 cm³/mol. The Labute approximate surface area is 178 Å². The summed E-state index contributed by atoms with van der Waals surface area (Å²) >= 11 is 0. The Morgan fingerprint density at radius 2 is 2.03 bits per heavy atom. The second kappa shape index (κ2) is 8.47. The van der Waals surface area contributed by atoms with Gasteiger partial charge < -0.3 is 19.9 Å². The Balaban J connectivity index is 1.97. The molecule has 31 heavy (non-hydrogen) atoms. The number of esters is 2. The molecule has 3 rings (SSSR count). The van der Waals surface area contributed by atoms with Gasteiger partial charge in [-0.25, -0.2) is 4.98 Å². The summed E-state index contributed by atoms with van der Waals surface area (Å²) in [5, 5.41) is 0. The quantitative estimate of drug-likeness (QED) is 0.410. The van der Waals surface area contributed by atoms with E-state index >= 15 is 0 Å². The summed E-state index contributed by atoms with van der Waals surface area (Å²) in [6.45, 7) is 6.38. The average molecular weight is 433 g/mol. The van der Waals surface area contributed by atoms with E-state index in [9.17, 15) is 14.0 Å². The van der Waals surface area contributed by atoms with Crippen LogP contribution in [0.15, 0.2) is 6.33 Å². The van der Waals surface area contributed by atoms with Crippen LogP contribution >= 0.6 is 0 Å². The van der Waals surface area contributed by atoms with Gasteiger partial charge in [0.1, 0.15) is 18.9 Å². The molecule has 0 saturated carbocycles. The van der Waals surface area contributed by atoms with Crippen molar-refractivity contribution in [2.24, 2.45) is 11.8 Å². The van der Waals surface area contributed by atoms with Crippen molar-refractivity contribution in [3.8, 4) is 12.3 Å². The lowest BCUT2D eigenvalue weighted by atomic mass is 9.98. The van der Waals surface area contributed by atoms with Crippen LogP contribution in [-0.4, -0.2) is 49.8 Å². The van der Waals surface area contributed by atoms with Gasteiger partial charge in [-0.3, -0.25) is 14.2 Å². The summed E-state index contributed by atoms with van der Waals surface area (Å²) in [6.07, 6.45) is 4.42. The van der Waals surface area contributed by atoms with Gasteiger partial charge in [0, 0.05) is 6.42 Å². The van der Waals surface area contributed by atoms with Crippen LogP contribution in [0.3, 0.4) is 0 Å². The fourth-order valence-corrected chi connectivity index (χ4v) is 3.09. The van der Waals surface area contributed by atoms with E-state index in [-0.39, 0.29) is 35.9 Å². The standard InChI is InChI=1S/C20H24FN5O5/c1-6-20(8-29-17(27)10(2)3)12(30-18(28)11(4)5)7-13(31-20)26-9-23-14-15(22)24-19(21)25-16(14)26/h1,9-13H,7-8H2,2-5H3,(H2,22,24,25)/t12-,13+,20+/m0/s1. The topological polar surface area (TPSA) is 131 Å². The second-order valence-corrected chi connectivity index (χ2v) is 7.89. The number of hydrogen-bond acceptors (Lipinski definition) is 9. The van der Waals surface area contributed by atoms with Crippen LogP contribution < -0.4 is 5.73 Å². The molecule has 2 N–H and O–H groups in total. The Hall–Kier alpha value is -3.26. The first kappa shape index (κ1) is 22.4. The molecule has 166 valence electrons. The van der Waals surface area contributed by atoms with Crippen molar-refractivity contribution < 1.29 is 28.2 Å². The summed E-state index contributed by atoms with van der Waals surface area (Å²) in [6, 6.07) is 0. The lowest BCUT2D eigenvalue weighted by molar-refractivity contribution is -0.170. The van der Waals surface area contributed by atoms with Gasteiger partial charge in [-0.1, -0.05) is 33.6 Å². The first-order valence-electron chi connectivity index (χ1n) is 9.76. The number of aromatic nitrogens is 4. The van der Waals surface area contributed by atoms with Crippen LogP contribution in [0, 0.1) is 30.3 Å². The number of imidazole rings is 1. The first-order chi connectivity index (χ1) is 14.6. The molecule has 0 spiro atoms. The zero-order chi connectivity index (χ0) is 22.9. The number of halogens is 1. The number of carbonyl (C=O) groups is 2. The fraction of sp³-hybridized carbons (Fsp3) is 0.550. The normalized spacial score (nSPS) is 23.3. The lowest BCUT2D eigenvalue weighted by Crippen LogP contribution is -2.46. The number of nitrogens with zero attached hydrogens (tertiary/aromatic N) is 4. The van der Waals surface area contributed by atoms with Crippen molar-refractivity contribution in [1.82, 2.24) is 19.5 Å². The minimum atomic E-state index is -1.55. The minimum absolute atomic E-state index is 0.0935. The number of anilines is 1. The van der Waals surface area contributed by atoms with Crippen molar-refractivity contribution in [1.29, 1.82) is 0 Å². The molecule has 11 heteroatoms. The van der Waals surface area contributed by atoms with E-state index in [1.165, 1.54) is 10.9 Å². The monoisotopic (exact) mass is 433 g/mol. The predicted octanol–water partition coefficient (Wildman–Crippen LogP) is 1.61. The van der Waals surface area contributed by atoms with Gasteiger partial charge in [0.15, 0.2) is 17.0 Å². The Bertz CT molecular complexity index is 1050. The van der Waals surface area contributed by atoms with E-state index in [0.717, 1.165) is 0 Å². The lowest BCUT2D eigenvalue weighted by Gasteiger charge is -2.29. The van der Waals surface area contributed by atoms with Crippen LogP contribution in [0.4, 0.5) is 10.2 Å². The van der Waals surface area contributed by atoms with Crippen molar-refractivity contribution in [2.75, 3.05) is 12.3 Å². The number of hydrogen-bond donors (Lipinski definition) is 1. The molecule has 0 aromatic carbocycles. The molecule has 2 aromatic heterocycles. The van der Waals surface area contributed by atoms with E-state index in [0.29, 0.717) is 0 Å². The molecule has 0 unspecified atom stereocenters. The van der Waals surface area contributed by atoms with Crippen molar-refractivity contribution >= 4 is 28.9 Å². The molecule has 3 heterocycles. The van der Waals surface area contributed by atoms with E-state index < -0.39 is 41.9 Å². The number of rotatable bonds is 6. The van der Waals surface area contributed by atoms with Crippen LogP contribution in [-0.2, 0) is 23.8 Å². The van der Waals surface area contributed by atoms with Gasteiger partial charge in [0.05, 0.1) is 18.2 Å². The van der Waals surface area contributed by atoms with Crippen molar-refractivity contribution in [3.05, 3.63) is 12.4 Å². The summed E-state index contributed by atoms with van der Waals surface area (Å²) in [5.41, 5.74) is 4.45. The number of nitrogens with two attached hydrogens (primary N) is 1. The fourth-order valence-electron chi connectivity index (χ4n) is 3.09. The maximum atomic E-state index is 13.7. The van der Waals surface area contributed by atoms with Crippen LogP contribution in [0.5, 0.6) is 0 Å². The van der Waals surface area contributed by atoms with E-state index in [4.69, 9.17) is 26.4 Å².